The highest BCUT2D eigenvalue weighted by molar-refractivity contribution is 8.00. The molecule has 0 radical (unpaired) electrons. The first-order valence-electron chi connectivity index (χ1n) is 10.8. The van der Waals surface area contributed by atoms with E-state index in [9.17, 15) is 13.2 Å². The smallest absolute Gasteiger partial charge is 0.264 e. The van der Waals surface area contributed by atoms with E-state index in [1.54, 1.807) is 53.4 Å². The highest BCUT2D eigenvalue weighted by atomic mass is 35.5. The van der Waals surface area contributed by atoms with Gasteiger partial charge < -0.3 is 5.32 Å². The predicted octanol–water partition coefficient (Wildman–Crippen LogP) is 6.51. The van der Waals surface area contributed by atoms with Crippen LogP contribution in [0.25, 0.3) is 10.2 Å². The molecular formula is C25H24ClN3O3S3. The zero-order chi connectivity index (χ0) is 25.2. The summed E-state index contributed by atoms with van der Waals surface area (Å²) in [4.78, 5) is 17.4. The number of thioether (sulfide) groups is 1. The summed E-state index contributed by atoms with van der Waals surface area (Å²) in [6.07, 6.45) is 1.95. The minimum absolute atomic E-state index is 0.0148. The van der Waals surface area contributed by atoms with Crippen LogP contribution >= 0.6 is 34.7 Å². The van der Waals surface area contributed by atoms with Gasteiger partial charge in [0.15, 0.2) is 4.34 Å². The van der Waals surface area contributed by atoms with E-state index in [0.29, 0.717) is 16.4 Å². The fraction of sp³-hybridized carbons (Fsp3) is 0.200. The monoisotopic (exact) mass is 545 g/mol. The third kappa shape index (κ3) is 5.98. The van der Waals surface area contributed by atoms with E-state index in [2.05, 4.69) is 10.3 Å². The summed E-state index contributed by atoms with van der Waals surface area (Å²) in [6.45, 7) is 3.81. The number of hydrogen-bond donors (Lipinski definition) is 1. The van der Waals surface area contributed by atoms with Gasteiger partial charge in [-0.1, -0.05) is 29.4 Å². The Morgan fingerprint density at radius 1 is 1.06 bits per heavy atom. The van der Waals surface area contributed by atoms with E-state index < -0.39 is 10.0 Å². The normalized spacial score (nSPS) is 11.5. The van der Waals surface area contributed by atoms with Gasteiger partial charge in [-0.15, -0.1) is 11.3 Å². The summed E-state index contributed by atoms with van der Waals surface area (Å²) in [5.74, 6) is -0.278. The number of carbonyl (C=O) groups excluding carboxylic acids is 1. The molecule has 0 aliphatic heterocycles. The molecule has 1 aromatic heterocycles. The maximum atomic E-state index is 13.6. The molecule has 10 heteroatoms. The number of anilines is 2. The van der Waals surface area contributed by atoms with Crippen molar-refractivity contribution < 1.29 is 13.2 Å². The van der Waals surface area contributed by atoms with Gasteiger partial charge in [-0.05, 0) is 85.8 Å². The number of sulfonamides is 1. The van der Waals surface area contributed by atoms with Crippen molar-refractivity contribution in [2.45, 2.75) is 29.5 Å². The van der Waals surface area contributed by atoms with Crippen molar-refractivity contribution in [1.82, 2.24) is 4.98 Å². The molecule has 35 heavy (non-hydrogen) atoms. The second kappa shape index (κ2) is 10.6. The molecule has 6 nitrogen and oxygen atoms in total. The summed E-state index contributed by atoms with van der Waals surface area (Å²) in [5, 5.41) is 3.33. The Hall–Kier alpha value is -2.59. The Labute approximate surface area is 218 Å². The van der Waals surface area contributed by atoms with Crippen LogP contribution in [-0.2, 0) is 14.8 Å². The second-order valence-corrected chi connectivity index (χ2v) is 12.4. The molecule has 4 aromatic rings. The molecule has 0 atom stereocenters. The number of aryl methyl sites for hydroxylation is 2. The molecule has 0 aliphatic rings. The van der Waals surface area contributed by atoms with Crippen LogP contribution < -0.4 is 9.62 Å². The van der Waals surface area contributed by atoms with Gasteiger partial charge in [-0.2, -0.15) is 0 Å². The lowest BCUT2D eigenvalue weighted by Gasteiger charge is -2.25. The van der Waals surface area contributed by atoms with Crippen molar-refractivity contribution in [3.63, 3.8) is 0 Å². The number of amides is 1. The molecule has 0 saturated heterocycles. The Morgan fingerprint density at radius 3 is 2.40 bits per heavy atom. The van der Waals surface area contributed by atoms with E-state index in [1.807, 2.05) is 38.3 Å². The van der Waals surface area contributed by atoms with E-state index in [-0.39, 0.29) is 23.8 Å². The zero-order valence-corrected chi connectivity index (χ0v) is 22.6. The van der Waals surface area contributed by atoms with Crippen molar-refractivity contribution in [2.75, 3.05) is 22.4 Å². The highest BCUT2D eigenvalue weighted by Crippen LogP contribution is 2.30. The van der Waals surface area contributed by atoms with E-state index in [4.69, 9.17) is 11.6 Å². The lowest BCUT2D eigenvalue weighted by atomic mass is 10.1. The van der Waals surface area contributed by atoms with Crippen LogP contribution in [0, 0.1) is 13.8 Å². The minimum atomic E-state index is -3.92. The molecule has 0 spiro atoms. The van der Waals surface area contributed by atoms with Gasteiger partial charge in [-0.3, -0.25) is 9.10 Å². The standard InChI is InChI=1S/C25H24ClN3O3S3/c1-16-12-17(2)14-20(13-16)29(35(31,32)21-7-4-18(26)5-8-21)11-10-24(30)27-19-6-9-22-23(15-19)34-25(28-22)33-3/h4-9,12-15H,10-11H2,1-3H3,(H,27,30). The average Bonchev–Trinajstić information content (AvgIpc) is 3.21. The Morgan fingerprint density at radius 2 is 1.74 bits per heavy atom. The fourth-order valence-electron chi connectivity index (χ4n) is 3.71. The van der Waals surface area contributed by atoms with Crippen LogP contribution in [0.1, 0.15) is 17.5 Å². The van der Waals surface area contributed by atoms with E-state index >= 15 is 0 Å². The summed E-state index contributed by atoms with van der Waals surface area (Å²) >= 11 is 9.10. The van der Waals surface area contributed by atoms with Crippen LogP contribution in [0.4, 0.5) is 11.4 Å². The number of benzene rings is 3. The number of thiazole rings is 1. The molecule has 0 saturated carbocycles. The molecule has 0 bridgehead atoms. The molecule has 0 aliphatic carbocycles. The maximum absolute atomic E-state index is 13.6. The van der Waals surface area contributed by atoms with Crippen molar-refractivity contribution in [3.8, 4) is 0 Å². The van der Waals surface area contributed by atoms with Crippen molar-refractivity contribution in [3.05, 3.63) is 76.8 Å². The van der Waals surface area contributed by atoms with Crippen molar-refractivity contribution in [1.29, 1.82) is 0 Å². The van der Waals surface area contributed by atoms with Crippen molar-refractivity contribution >= 4 is 72.2 Å². The van der Waals surface area contributed by atoms with Gasteiger partial charge in [0, 0.05) is 23.7 Å². The molecule has 1 heterocycles. The average molecular weight is 546 g/mol. The van der Waals surface area contributed by atoms with Crippen LogP contribution in [0.3, 0.4) is 0 Å². The minimum Gasteiger partial charge on any atom is -0.326 e. The lowest BCUT2D eigenvalue weighted by Crippen LogP contribution is -2.34. The molecule has 182 valence electrons. The molecule has 0 unspecified atom stereocenters. The SMILES string of the molecule is CSc1nc2ccc(NC(=O)CCN(c3cc(C)cc(C)c3)S(=O)(=O)c3ccc(Cl)cc3)cc2s1. The quantitative estimate of drug-likeness (QED) is 0.255. The third-order valence-electron chi connectivity index (χ3n) is 5.27. The number of halogens is 1. The number of hydrogen-bond acceptors (Lipinski definition) is 6. The summed E-state index contributed by atoms with van der Waals surface area (Å²) in [7, 11) is -3.92. The number of rotatable bonds is 8. The Balaban J connectivity index is 1.57. The number of aromatic nitrogens is 1. The van der Waals surface area contributed by atoms with Crippen LogP contribution in [0.2, 0.25) is 5.02 Å². The van der Waals surface area contributed by atoms with Crippen LogP contribution in [0.15, 0.2) is 69.9 Å². The van der Waals surface area contributed by atoms with Crippen LogP contribution in [-0.4, -0.2) is 32.1 Å². The number of fused-ring (bicyclic) bond motifs is 1. The number of nitrogens with zero attached hydrogens (tertiary/aromatic N) is 2. The third-order valence-corrected chi connectivity index (χ3v) is 9.36. The fourth-order valence-corrected chi connectivity index (χ4v) is 6.82. The van der Waals surface area contributed by atoms with Gasteiger partial charge in [0.25, 0.3) is 10.0 Å². The van der Waals surface area contributed by atoms with Gasteiger partial charge in [0.05, 0.1) is 20.8 Å². The largest absolute Gasteiger partial charge is 0.326 e. The Bertz CT molecular complexity index is 1460. The molecule has 4 rings (SSSR count). The summed E-state index contributed by atoms with van der Waals surface area (Å²) < 4.78 is 30.3. The van der Waals surface area contributed by atoms with E-state index in [0.717, 1.165) is 25.7 Å². The number of carbonyl (C=O) groups is 1. The highest BCUT2D eigenvalue weighted by Gasteiger charge is 2.26. The van der Waals surface area contributed by atoms with Gasteiger partial charge in [-0.25, -0.2) is 13.4 Å². The lowest BCUT2D eigenvalue weighted by molar-refractivity contribution is -0.116. The zero-order valence-electron chi connectivity index (χ0n) is 19.4. The summed E-state index contributed by atoms with van der Waals surface area (Å²) in [5.41, 5.74) is 3.91. The first kappa shape index (κ1) is 25.5. The molecular weight excluding hydrogens is 522 g/mol. The first-order valence-corrected chi connectivity index (χ1v) is 14.6. The summed E-state index contributed by atoms with van der Waals surface area (Å²) in [6, 6.07) is 17.2. The van der Waals surface area contributed by atoms with Crippen LogP contribution in [0.5, 0.6) is 0 Å². The molecule has 3 aromatic carbocycles. The molecule has 0 fully saturated rings. The Kier molecular flexibility index (Phi) is 7.70. The van der Waals surface area contributed by atoms with Gasteiger partial charge >= 0.3 is 0 Å². The first-order chi connectivity index (χ1) is 16.7. The number of nitrogens with one attached hydrogen (secondary N) is 1. The van der Waals surface area contributed by atoms with Crippen molar-refractivity contribution in [2.24, 2.45) is 0 Å². The van der Waals surface area contributed by atoms with E-state index in [1.165, 1.54) is 16.4 Å². The predicted molar refractivity (Wildman–Crippen MR) is 147 cm³/mol. The van der Waals surface area contributed by atoms with Gasteiger partial charge in [0.1, 0.15) is 0 Å². The van der Waals surface area contributed by atoms with Gasteiger partial charge in [0.2, 0.25) is 5.91 Å². The molecule has 1 amide bonds. The topological polar surface area (TPSA) is 79.4 Å². The molecule has 1 N–H and O–H groups in total. The second-order valence-electron chi connectivity index (χ2n) is 8.04. The maximum Gasteiger partial charge on any atom is 0.264 e.